The minimum atomic E-state index is -1.04. The minimum Gasteiger partial charge on any atom is -0.381 e. The lowest BCUT2D eigenvalue weighted by atomic mass is 9.48. The zero-order chi connectivity index (χ0) is 17.3. The molecule has 2 saturated carbocycles. The van der Waals surface area contributed by atoms with E-state index in [1.165, 1.54) is 0 Å². The standard InChI is InChI=1S/C20H28O4/c1-18-9-8-16(21)17(22)15(18)5-4-12-13(18)6-10-19(2)14(12)7-11-20(19,23)24-3/h4-5,8-9,12-16,21,23H,6-7,10-11H2,1-3H3/t12-,13+,14+,15?,16?,18-,19+,20-/m1/s1. The fourth-order valence-electron chi connectivity index (χ4n) is 6.38. The number of aliphatic hydroxyl groups excluding tert-OH is 1. The van der Waals surface area contributed by atoms with Gasteiger partial charge in [-0.1, -0.05) is 38.2 Å². The monoisotopic (exact) mass is 332 g/mol. The third kappa shape index (κ3) is 1.82. The molecule has 0 heterocycles. The molecule has 4 rings (SSSR count). The van der Waals surface area contributed by atoms with Gasteiger partial charge in [-0.15, -0.1) is 0 Å². The van der Waals surface area contributed by atoms with Crippen LogP contribution in [0.4, 0.5) is 0 Å². The normalized spacial score (nSPS) is 55.9. The van der Waals surface area contributed by atoms with Crippen molar-refractivity contribution in [2.75, 3.05) is 7.11 Å². The zero-order valence-corrected chi connectivity index (χ0v) is 14.7. The molecule has 0 radical (unpaired) electrons. The number of hydrogen-bond acceptors (Lipinski definition) is 4. The lowest BCUT2D eigenvalue weighted by Crippen LogP contribution is -2.56. The molecule has 0 aromatic rings. The highest BCUT2D eigenvalue weighted by atomic mass is 16.6. The van der Waals surface area contributed by atoms with E-state index in [1.807, 2.05) is 6.08 Å². The number of carbonyl (C=O) groups excluding carboxylic acids is 1. The number of methoxy groups -OCH3 is 1. The van der Waals surface area contributed by atoms with Crippen molar-refractivity contribution in [2.45, 2.75) is 51.4 Å². The summed E-state index contributed by atoms with van der Waals surface area (Å²) < 4.78 is 5.54. The van der Waals surface area contributed by atoms with Crippen molar-refractivity contribution in [2.24, 2.45) is 34.5 Å². The summed E-state index contributed by atoms with van der Waals surface area (Å²) in [6.07, 6.45) is 10.5. The van der Waals surface area contributed by atoms with Gasteiger partial charge in [0, 0.05) is 30.3 Å². The molecule has 4 heteroatoms. The Hall–Kier alpha value is -0.970. The van der Waals surface area contributed by atoms with Crippen LogP contribution in [-0.4, -0.2) is 35.0 Å². The third-order valence-electron chi connectivity index (χ3n) is 7.98. The van der Waals surface area contributed by atoms with Crippen molar-refractivity contribution in [3.8, 4) is 0 Å². The van der Waals surface area contributed by atoms with E-state index in [-0.39, 0.29) is 22.5 Å². The number of fused-ring (bicyclic) bond motifs is 5. The van der Waals surface area contributed by atoms with Gasteiger partial charge in [0.15, 0.2) is 11.6 Å². The van der Waals surface area contributed by atoms with Crippen LogP contribution in [0.15, 0.2) is 24.3 Å². The fraction of sp³-hybridized carbons (Fsp3) is 0.750. The second-order valence-corrected chi connectivity index (χ2v) is 8.71. The van der Waals surface area contributed by atoms with E-state index in [0.717, 1.165) is 19.3 Å². The molecule has 0 spiro atoms. The average molecular weight is 332 g/mol. The number of rotatable bonds is 1. The maximum atomic E-state index is 12.5. The van der Waals surface area contributed by atoms with Crippen molar-refractivity contribution in [3.63, 3.8) is 0 Å². The van der Waals surface area contributed by atoms with Gasteiger partial charge in [-0.3, -0.25) is 4.79 Å². The van der Waals surface area contributed by atoms with Gasteiger partial charge in [-0.2, -0.15) is 0 Å². The first-order valence-corrected chi connectivity index (χ1v) is 9.14. The molecule has 2 fully saturated rings. The van der Waals surface area contributed by atoms with Crippen molar-refractivity contribution in [1.29, 1.82) is 0 Å². The van der Waals surface area contributed by atoms with Crippen molar-refractivity contribution >= 4 is 5.78 Å². The molecule has 4 aliphatic rings. The molecule has 2 unspecified atom stereocenters. The highest BCUT2D eigenvalue weighted by Crippen LogP contribution is 2.65. The lowest BCUT2D eigenvalue weighted by Gasteiger charge is -2.57. The van der Waals surface area contributed by atoms with Crippen molar-refractivity contribution in [3.05, 3.63) is 24.3 Å². The molecule has 2 N–H and O–H groups in total. The summed E-state index contributed by atoms with van der Waals surface area (Å²) in [4.78, 5) is 12.5. The molecule has 4 aliphatic carbocycles. The van der Waals surface area contributed by atoms with Crippen molar-refractivity contribution in [1.82, 2.24) is 0 Å². The summed E-state index contributed by atoms with van der Waals surface area (Å²) >= 11 is 0. The topological polar surface area (TPSA) is 66.8 Å². The van der Waals surface area contributed by atoms with E-state index in [4.69, 9.17) is 4.74 Å². The SMILES string of the molecule is CO[C@]1(O)CC[C@H]2[C@@H]3C=CC4C(=O)C(O)C=C[C@]4(C)[C@H]3CC[C@@]21C. The van der Waals surface area contributed by atoms with E-state index in [1.54, 1.807) is 13.2 Å². The largest absolute Gasteiger partial charge is 0.381 e. The van der Waals surface area contributed by atoms with Crippen LogP contribution in [0.2, 0.25) is 0 Å². The highest BCUT2D eigenvalue weighted by molar-refractivity contribution is 5.90. The Labute approximate surface area is 143 Å². The maximum absolute atomic E-state index is 12.5. The van der Waals surface area contributed by atoms with Gasteiger partial charge in [0.1, 0.15) is 6.10 Å². The molecule has 0 amide bonds. The predicted octanol–water partition coefficient (Wildman–Crippen LogP) is 2.46. The second-order valence-electron chi connectivity index (χ2n) is 8.71. The van der Waals surface area contributed by atoms with Crippen LogP contribution in [0.3, 0.4) is 0 Å². The second kappa shape index (κ2) is 5.03. The van der Waals surface area contributed by atoms with Crippen LogP contribution in [0.5, 0.6) is 0 Å². The Morgan fingerprint density at radius 1 is 1.12 bits per heavy atom. The third-order valence-corrected chi connectivity index (χ3v) is 7.98. The summed E-state index contributed by atoms with van der Waals surface area (Å²) in [6.45, 7) is 4.33. The molecular formula is C20H28O4. The van der Waals surface area contributed by atoms with Crippen LogP contribution in [0, 0.1) is 34.5 Å². The van der Waals surface area contributed by atoms with Crippen LogP contribution in [0.25, 0.3) is 0 Å². The molecule has 0 aliphatic heterocycles. The molecule has 0 aromatic heterocycles. The van der Waals surface area contributed by atoms with E-state index in [2.05, 4.69) is 26.0 Å². The number of allylic oxidation sites excluding steroid dienone is 3. The molecule has 0 aromatic carbocycles. The number of aliphatic hydroxyl groups is 2. The highest BCUT2D eigenvalue weighted by Gasteiger charge is 2.64. The Balaban J connectivity index is 1.74. The molecule has 132 valence electrons. The number of hydrogen-bond donors (Lipinski definition) is 2. The molecule has 4 nitrogen and oxygen atoms in total. The minimum absolute atomic E-state index is 0.0807. The Morgan fingerprint density at radius 2 is 1.83 bits per heavy atom. The quantitative estimate of drug-likeness (QED) is 0.572. The summed E-state index contributed by atoms with van der Waals surface area (Å²) in [5.74, 6) is -0.263. The van der Waals surface area contributed by atoms with E-state index < -0.39 is 11.9 Å². The first-order chi connectivity index (χ1) is 11.3. The van der Waals surface area contributed by atoms with Crippen LogP contribution in [0.1, 0.15) is 39.5 Å². The van der Waals surface area contributed by atoms with Gasteiger partial charge < -0.3 is 14.9 Å². The van der Waals surface area contributed by atoms with Gasteiger partial charge in [0.05, 0.1) is 0 Å². The Morgan fingerprint density at radius 3 is 2.54 bits per heavy atom. The van der Waals surface area contributed by atoms with Gasteiger partial charge in [-0.05, 0) is 37.0 Å². The van der Waals surface area contributed by atoms with Gasteiger partial charge in [0.25, 0.3) is 0 Å². The first-order valence-electron chi connectivity index (χ1n) is 9.14. The van der Waals surface area contributed by atoms with E-state index in [9.17, 15) is 15.0 Å². The molecule has 0 saturated heterocycles. The van der Waals surface area contributed by atoms with Crippen LogP contribution >= 0.6 is 0 Å². The van der Waals surface area contributed by atoms with Gasteiger partial charge in [0.2, 0.25) is 0 Å². The number of carbonyl (C=O) groups is 1. The molecule has 24 heavy (non-hydrogen) atoms. The molecular weight excluding hydrogens is 304 g/mol. The zero-order valence-electron chi connectivity index (χ0n) is 14.7. The summed E-state index contributed by atoms with van der Waals surface area (Å²) in [6, 6.07) is 0. The average Bonchev–Trinajstić information content (AvgIpc) is 2.84. The molecule has 8 atom stereocenters. The maximum Gasteiger partial charge on any atom is 0.172 e. The summed E-state index contributed by atoms with van der Waals surface area (Å²) in [5, 5.41) is 20.9. The van der Waals surface area contributed by atoms with Crippen molar-refractivity contribution < 1.29 is 19.7 Å². The molecule has 0 bridgehead atoms. The Bertz CT molecular complexity index is 625. The first kappa shape index (κ1) is 16.5. The number of ether oxygens (including phenoxy) is 1. The smallest absolute Gasteiger partial charge is 0.172 e. The van der Waals surface area contributed by atoms with Crippen LogP contribution in [-0.2, 0) is 9.53 Å². The fourth-order valence-corrected chi connectivity index (χ4v) is 6.38. The van der Waals surface area contributed by atoms with E-state index >= 15 is 0 Å². The Kier molecular flexibility index (Phi) is 3.45. The number of ketones is 1. The summed E-state index contributed by atoms with van der Waals surface area (Å²) in [5.41, 5.74) is -0.469. The van der Waals surface area contributed by atoms with Crippen LogP contribution < -0.4 is 0 Å². The summed E-state index contributed by atoms with van der Waals surface area (Å²) in [7, 11) is 1.61. The van der Waals surface area contributed by atoms with E-state index in [0.29, 0.717) is 24.2 Å². The predicted molar refractivity (Wildman–Crippen MR) is 89.9 cm³/mol. The lowest BCUT2D eigenvalue weighted by molar-refractivity contribution is -0.260. The van der Waals surface area contributed by atoms with Gasteiger partial charge in [-0.25, -0.2) is 0 Å². The number of Topliss-reactive ketones (excluding diaryl/α,β-unsaturated/α-hetero) is 1. The van der Waals surface area contributed by atoms with Gasteiger partial charge >= 0.3 is 0 Å².